The van der Waals surface area contributed by atoms with Crippen LogP contribution in [0.2, 0.25) is 0 Å². The number of esters is 1. The lowest BCUT2D eigenvalue weighted by molar-refractivity contribution is -0.384. The van der Waals surface area contributed by atoms with E-state index < -0.39 is 45.5 Å². The van der Waals surface area contributed by atoms with Gasteiger partial charge < -0.3 is 19.9 Å². The third-order valence-electron chi connectivity index (χ3n) is 5.85. The van der Waals surface area contributed by atoms with E-state index in [1.807, 2.05) is 0 Å². The Morgan fingerprint density at radius 1 is 1.05 bits per heavy atom. The second-order valence-corrected chi connectivity index (χ2v) is 8.69. The molecular weight excluding hydrogens is 488 g/mol. The Kier molecular flexibility index (Phi) is 5.21. The maximum Gasteiger partial charge on any atom is 0.345 e. The molecule has 1 unspecified atom stereocenters. The average molecular weight is 506 g/mol. The van der Waals surface area contributed by atoms with Gasteiger partial charge in [0, 0.05) is 26.0 Å². The van der Waals surface area contributed by atoms with Gasteiger partial charge in [0.1, 0.15) is 5.57 Å². The van der Waals surface area contributed by atoms with Crippen LogP contribution in [0.25, 0.3) is 10.8 Å². The number of carbonyl (C=O) groups is 2. The Balaban J connectivity index is 1.72. The molecule has 37 heavy (non-hydrogen) atoms. The van der Waals surface area contributed by atoms with Crippen LogP contribution in [0.1, 0.15) is 30.1 Å². The van der Waals surface area contributed by atoms with Crippen LogP contribution in [0.3, 0.4) is 0 Å². The van der Waals surface area contributed by atoms with E-state index >= 15 is 0 Å². The maximum atomic E-state index is 13.7. The summed E-state index contributed by atoms with van der Waals surface area (Å²) in [6.07, 6.45) is 0. The highest BCUT2D eigenvalue weighted by Gasteiger charge is 2.48. The Bertz CT molecular complexity index is 1690. The van der Waals surface area contributed by atoms with Gasteiger partial charge in [-0.3, -0.25) is 29.6 Å². The van der Waals surface area contributed by atoms with Crippen LogP contribution in [0.15, 0.2) is 81.1 Å². The molecule has 2 aliphatic heterocycles. The number of hydrogen-bond acceptors (Lipinski definition) is 10. The molecule has 3 aromatic rings. The maximum absolute atomic E-state index is 13.7. The van der Waals surface area contributed by atoms with Crippen molar-refractivity contribution in [2.24, 2.45) is 5.73 Å². The molecule has 0 amide bonds. The monoisotopic (exact) mass is 506 g/mol. The second kappa shape index (κ2) is 8.19. The topological polar surface area (TPSA) is 186 Å². The van der Waals surface area contributed by atoms with E-state index in [2.05, 4.69) is 5.10 Å². The quantitative estimate of drug-likeness (QED) is 0.301. The molecule has 0 aliphatic carbocycles. The molecule has 3 heterocycles. The number of carbonyl (C=O) groups excluding carboxylic acids is 2. The molecule has 0 spiro atoms. The number of nitro groups is 1. The first kappa shape index (κ1) is 23.5. The first-order valence-electron chi connectivity index (χ1n) is 10.9. The zero-order valence-electron chi connectivity index (χ0n) is 19.3. The van der Waals surface area contributed by atoms with Gasteiger partial charge in [0.25, 0.3) is 28.5 Å². The summed E-state index contributed by atoms with van der Waals surface area (Å²) in [7, 11) is 0. The van der Waals surface area contributed by atoms with E-state index in [9.17, 15) is 29.3 Å². The number of fused-ring (bicyclic) bond motifs is 1. The van der Waals surface area contributed by atoms with Crippen molar-refractivity contribution in [3.8, 4) is 0 Å². The number of non-ortho nitro benzene ring substituents is 1. The van der Waals surface area contributed by atoms with E-state index in [1.54, 1.807) is 6.07 Å². The van der Waals surface area contributed by atoms with Crippen LogP contribution in [0.5, 0.6) is 0 Å². The number of hydrogen-bond donors (Lipinski definition) is 2. The molecule has 13 heteroatoms. The minimum atomic E-state index is -1.42. The van der Waals surface area contributed by atoms with Crippen molar-refractivity contribution in [2.75, 3.05) is 0 Å². The third kappa shape index (κ3) is 3.82. The molecule has 0 fully saturated rings. The van der Waals surface area contributed by atoms with Crippen molar-refractivity contribution in [3.05, 3.63) is 108 Å². The van der Waals surface area contributed by atoms with Crippen molar-refractivity contribution in [2.45, 2.75) is 25.6 Å². The number of nitro benzene ring substituents is 1. The van der Waals surface area contributed by atoms with Crippen molar-refractivity contribution < 1.29 is 28.7 Å². The minimum Gasteiger partial charge on any atom is -0.422 e. The molecule has 3 N–H and O–H groups in total. The predicted octanol–water partition coefficient (Wildman–Crippen LogP) is 1.74. The Morgan fingerprint density at radius 2 is 1.70 bits per heavy atom. The number of nitrogens with one attached hydrogen (secondary N) is 1. The van der Waals surface area contributed by atoms with E-state index in [0.717, 1.165) is 0 Å². The van der Waals surface area contributed by atoms with Gasteiger partial charge in [0.15, 0.2) is 0 Å². The Labute approximate surface area is 206 Å². The van der Waals surface area contributed by atoms with E-state index in [-0.39, 0.29) is 39.1 Å². The lowest BCUT2D eigenvalue weighted by Crippen LogP contribution is -2.44. The molecule has 1 atom stereocenters. The van der Waals surface area contributed by atoms with Crippen LogP contribution in [-0.2, 0) is 19.0 Å². The molecule has 1 aromatic heterocycles. The van der Waals surface area contributed by atoms with Gasteiger partial charge in [-0.15, -0.1) is 0 Å². The number of aromatic nitrogens is 2. The van der Waals surface area contributed by atoms with Crippen LogP contribution in [0, 0.1) is 10.1 Å². The summed E-state index contributed by atoms with van der Waals surface area (Å²) in [6, 6.07) is 10.9. The number of cyclic esters (lactones) is 1. The highest BCUT2D eigenvalue weighted by molar-refractivity contribution is 6.03. The molecule has 0 saturated heterocycles. The fourth-order valence-corrected chi connectivity index (χ4v) is 4.23. The van der Waals surface area contributed by atoms with E-state index in [4.69, 9.17) is 19.9 Å². The molecule has 2 aromatic carbocycles. The molecule has 0 bridgehead atoms. The molecule has 188 valence electrons. The average Bonchev–Trinajstić information content (AvgIpc) is 2.84. The van der Waals surface area contributed by atoms with Crippen molar-refractivity contribution >= 4 is 28.3 Å². The largest absolute Gasteiger partial charge is 0.422 e. The first-order chi connectivity index (χ1) is 17.5. The summed E-state index contributed by atoms with van der Waals surface area (Å²) < 4.78 is 16.9. The van der Waals surface area contributed by atoms with Crippen molar-refractivity contribution in [1.82, 2.24) is 9.78 Å². The van der Waals surface area contributed by atoms with Gasteiger partial charge in [-0.05, 0) is 17.7 Å². The lowest BCUT2D eigenvalue weighted by atomic mass is 9.82. The number of allylic oxidation sites excluding steroid dienone is 1. The summed E-state index contributed by atoms with van der Waals surface area (Å²) in [5, 5.41) is 13.4. The number of rotatable bonds is 3. The van der Waals surface area contributed by atoms with Gasteiger partial charge in [-0.2, -0.15) is 4.68 Å². The van der Waals surface area contributed by atoms with Crippen molar-refractivity contribution in [1.29, 1.82) is 0 Å². The van der Waals surface area contributed by atoms with Gasteiger partial charge >= 0.3 is 11.9 Å². The summed E-state index contributed by atoms with van der Waals surface area (Å²) in [5.41, 5.74) is 3.90. The Morgan fingerprint density at radius 3 is 2.35 bits per heavy atom. The van der Waals surface area contributed by atoms with Gasteiger partial charge in [0.2, 0.25) is 5.88 Å². The van der Waals surface area contributed by atoms with Crippen LogP contribution in [-0.4, -0.2) is 32.4 Å². The molecule has 0 saturated carbocycles. The normalized spacial score (nSPS) is 18.5. The first-order valence-corrected chi connectivity index (χ1v) is 10.9. The molecule has 0 radical (unpaired) electrons. The highest BCUT2D eigenvalue weighted by atomic mass is 16.8. The van der Waals surface area contributed by atoms with Gasteiger partial charge in [-0.25, -0.2) is 4.79 Å². The van der Waals surface area contributed by atoms with Crippen LogP contribution in [0.4, 0.5) is 5.69 Å². The number of H-pyrrole nitrogens is 1. The SMILES string of the molecule is CC1(C)OC(=O)C2=C(OC(N)=C(C(=O)n3[nH]c(=O)c4ccccc4c3=O)C2c2ccc([N+](=O)[O-])cc2)O1. The molecule has 13 nitrogen and oxygen atoms in total. The van der Waals surface area contributed by atoms with Gasteiger partial charge in [-0.1, -0.05) is 24.3 Å². The second-order valence-electron chi connectivity index (χ2n) is 8.69. The van der Waals surface area contributed by atoms with Crippen molar-refractivity contribution in [3.63, 3.8) is 0 Å². The van der Waals surface area contributed by atoms with Gasteiger partial charge in [0.05, 0.1) is 27.2 Å². The number of ether oxygens (including phenoxy) is 3. The highest BCUT2D eigenvalue weighted by Crippen LogP contribution is 2.44. The number of nitrogens with zero attached hydrogens (tertiary/aromatic N) is 2. The number of aromatic amines is 1. The summed E-state index contributed by atoms with van der Waals surface area (Å²) in [5.74, 6) is -5.54. The fourth-order valence-electron chi connectivity index (χ4n) is 4.23. The standard InChI is InChI=1S/C24H18N4O9/c1-24(2)36-22(32)17-15(11-7-9-12(10-8-11)28(33)34)16(18(25)35-23(17)37-24)21(31)27-20(30)14-6-4-3-5-13(14)19(29)26-27/h3-10,15H,25H2,1-2H3,(H,26,29). The van der Waals surface area contributed by atoms with Crippen LogP contribution < -0.4 is 16.9 Å². The fraction of sp³-hybridized carbons (Fsp3) is 0.167. The predicted molar refractivity (Wildman–Crippen MR) is 126 cm³/mol. The summed E-state index contributed by atoms with van der Waals surface area (Å²) in [4.78, 5) is 63.1. The Hall–Kier alpha value is -5.20. The molecule has 5 rings (SSSR count). The summed E-state index contributed by atoms with van der Waals surface area (Å²) in [6.45, 7) is 2.91. The van der Waals surface area contributed by atoms with Crippen LogP contribution >= 0.6 is 0 Å². The smallest absolute Gasteiger partial charge is 0.345 e. The van der Waals surface area contributed by atoms with E-state index in [0.29, 0.717) is 4.68 Å². The zero-order valence-corrected chi connectivity index (χ0v) is 19.3. The minimum absolute atomic E-state index is 0.0237. The van der Waals surface area contributed by atoms with E-state index in [1.165, 1.54) is 56.3 Å². The third-order valence-corrected chi connectivity index (χ3v) is 5.85. The summed E-state index contributed by atoms with van der Waals surface area (Å²) >= 11 is 0. The number of benzene rings is 2. The lowest BCUT2D eigenvalue weighted by Gasteiger charge is -2.37. The zero-order chi connectivity index (χ0) is 26.6. The number of nitrogens with two attached hydrogens (primary N) is 1. The molecular formula is C24H18N4O9. The molecule has 2 aliphatic rings.